The summed E-state index contributed by atoms with van der Waals surface area (Å²) in [6, 6.07) is 3.41. The zero-order valence-corrected chi connectivity index (χ0v) is 14.8. The third kappa shape index (κ3) is 4.59. The molecule has 0 aliphatic carbocycles. The summed E-state index contributed by atoms with van der Waals surface area (Å²) in [5, 5.41) is 12.0. The normalized spacial score (nSPS) is 16.8. The van der Waals surface area contributed by atoms with E-state index in [1.165, 1.54) is 12.1 Å². The van der Waals surface area contributed by atoms with Crippen molar-refractivity contribution in [1.82, 2.24) is 15.5 Å². The number of anilines is 1. The SMILES string of the molecule is CC(Nc1cc(-c2n[nH]c(=O)o2)ccc1C(F)(F)F)C1CCNCC1.Cl. The van der Waals surface area contributed by atoms with Gasteiger partial charge in [-0.3, -0.25) is 0 Å². The van der Waals surface area contributed by atoms with Gasteiger partial charge in [0.25, 0.3) is 0 Å². The number of benzene rings is 1. The second kappa shape index (κ2) is 8.13. The van der Waals surface area contributed by atoms with Crippen LogP contribution in [0.15, 0.2) is 27.4 Å². The molecule has 0 amide bonds. The molecule has 0 bridgehead atoms. The van der Waals surface area contributed by atoms with E-state index in [1.54, 1.807) is 0 Å². The maximum atomic E-state index is 13.3. The highest BCUT2D eigenvalue weighted by Crippen LogP contribution is 2.37. The maximum Gasteiger partial charge on any atom is 0.434 e. The van der Waals surface area contributed by atoms with E-state index in [9.17, 15) is 18.0 Å². The minimum absolute atomic E-state index is 0. The van der Waals surface area contributed by atoms with Gasteiger partial charge in [0.1, 0.15) is 0 Å². The summed E-state index contributed by atoms with van der Waals surface area (Å²) in [5.41, 5.74) is -0.497. The van der Waals surface area contributed by atoms with Crippen LogP contribution >= 0.6 is 12.4 Å². The molecule has 10 heteroatoms. The molecule has 0 saturated carbocycles. The Morgan fingerprint density at radius 1 is 1.31 bits per heavy atom. The molecule has 144 valence electrons. The van der Waals surface area contributed by atoms with Crippen molar-refractivity contribution in [3.63, 3.8) is 0 Å². The van der Waals surface area contributed by atoms with Crippen LogP contribution in [-0.4, -0.2) is 29.3 Å². The molecule has 3 rings (SSSR count). The van der Waals surface area contributed by atoms with Crippen LogP contribution in [0.3, 0.4) is 0 Å². The monoisotopic (exact) mass is 392 g/mol. The maximum absolute atomic E-state index is 13.3. The minimum Gasteiger partial charge on any atom is -0.388 e. The number of rotatable bonds is 4. The van der Waals surface area contributed by atoms with E-state index in [4.69, 9.17) is 4.42 Å². The van der Waals surface area contributed by atoms with Crippen LogP contribution in [0.4, 0.5) is 18.9 Å². The Morgan fingerprint density at radius 3 is 2.58 bits per heavy atom. The molecule has 1 saturated heterocycles. The Bertz CT molecular complexity index is 784. The van der Waals surface area contributed by atoms with Gasteiger partial charge in [0.2, 0.25) is 5.89 Å². The van der Waals surface area contributed by atoms with Gasteiger partial charge in [0.15, 0.2) is 0 Å². The highest BCUT2D eigenvalue weighted by Gasteiger charge is 2.34. The number of H-pyrrole nitrogens is 1. The predicted octanol–water partition coefficient (Wildman–Crippen LogP) is 3.27. The summed E-state index contributed by atoms with van der Waals surface area (Å²) in [4.78, 5) is 11.1. The van der Waals surface area contributed by atoms with Crippen LogP contribution in [0, 0.1) is 5.92 Å². The van der Waals surface area contributed by atoms with Crippen molar-refractivity contribution in [2.75, 3.05) is 18.4 Å². The van der Waals surface area contributed by atoms with Crippen LogP contribution in [-0.2, 0) is 6.18 Å². The molecule has 3 N–H and O–H groups in total. The van der Waals surface area contributed by atoms with Crippen LogP contribution < -0.4 is 16.4 Å². The first-order valence-electron chi connectivity index (χ1n) is 8.09. The average Bonchev–Trinajstić information content (AvgIpc) is 3.01. The molecule has 6 nitrogen and oxygen atoms in total. The summed E-state index contributed by atoms with van der Waals surface area (Å²) in [6.45, 7) is 3.61. The zero-order chi connectivity index (χ0) is 18.0. The van der Waals surface area contributed by atoms with Gasteiger partial charge in [-0.2, -0.15) is 13.2 Å². The minimum atomic E-state index is -4.49. The molecule has 1 aliphatic heterocycles. The van der Waals surface area contributed by atoms with E-state index < -0.39 is 17.5 Å². The fourth-order valence-corrected chi connectivity index (χ4v) is 3.10. The van der Waals surface area contributed by atoms with E-state index >= 15 is 0 Å². The highest BCUT2D eigenvalue weighted by molar-refractivity contribution is 5.85. The van der Waals surface area contributed by atoms with Gasteiger partial charge >= 0.3 is 11.9 Å². The van der Waals surface area contributed by atoms with Crippen molar-refractivity contribution in [3.05, 3.63) is 34.3 Å². The number of nitrogens with one attached hydrogen (secondary N) is 3. The Balaban J connectivity index is 0.00000243. The number of aromatic nitrogens is 2. The van der Waals surface area contributed by atoms with Gasteiger partial charge in [-0.15, -0.1) is 17.5 Å². The molecular formula is C16H20ClF3N4O2. The number of hydrogen-bond acceptors (Lipinski definition) is 5. The molecule has 1 unspecified atom stereocenters. The second-order valence-electron chi connectivity index (χ2n) is 6.20. The van der Waals surface area contributed by atoms with Crippen LogP contribution in [0.1, 0.15) is 25.3 Å². The van der Waals surface area contributed by atoms with E-state index in [0.29, 0.717) is 5.56 Å². The molecule has 2 aromatic rings. The van der Waals surface area contributed by atoms with Crippen LogP contribution in [0.5, 0.6) is 0 Å². The fourth-order valence-electron chi connectivity index (χ4n) is 3.10. The summed E-state index contributed by atoms with van der Waals surface area (Å²) >= 11 is 0. The van der Waals surface area contributed by atoms with Crippen molar-refractivity contribution in [3.8, 4) is 11.5 Å². The van der Waals surface area contributed by atoms with Crippen molar-refractivity contribution in [2.45, 2.75) is 32.0 Å². The summed E-state index contributed by atoms with van der Waals surface area (Å²) in [5.74, 6) is -0.516. The zero-order valence-electron chi connectivity index (χ0n) is 14.0. The first kappa shape index (κ1) is 20.3. The average molecular weight is 393 g/mol. The van der Waals surface area contributed by atoms with Crippen molar-refractivity contribution in [1.29, 1.82) is 0 Å². The van der Waals surface area contributed by atoms with E-state index in [1.807, 2.05) is 6.92 Å². The standard InChI is InChI=1S/C16H19F3N4O2.ClH/c1-9(10-4-6-20-7-5-10)21-13-8-11(14-22-23-15(24)25-14)2-3-12(13)16(17,18)19;/h2-3,8-10,20-21H,4-7H2,1H3,(H,23,24);1H. The van der Waals surface area contributed by atoms with Crippen LogP contribution in [0.2, 0.25) is 0 Å². The lowest BCUT2D eigenvalue weighted by Crippen LogP contribution is -2.36. The molecule has 1 atom stereocenters. The lowest BCUT2D eigenvalue weighted by Gasteiger charge is -2.30. The first-order chi connectivity index (χ1) is 11.8. The lowest BCUT2D eigenvalue weighted by molar-refractivity contribution is -0.137. The Morgan fingerprint density at radius 2 is 2.00 bits per heavy atom. The predicted molar refractivity (Wildman–Crippen MR) is 93.5 cm³/mol. The third-order valence-corrected chi connectivity index (χ3v) is 4.48. The molecule has 1 aromatic heterocycles. The molecular weight excluding hydrogens is 373 g/mol. The van der Waals surface area contributed by atoms with E-state index in [0.717, 1.165) is 32.0 Å². The number of nitrogens with zero attached hydrogens (tertiary/aromatic N) is 1. The topological polar surface area (TPSA) is 83.0 Å². The Kier molecular flexibility index (Phi) is 6.35. The van der Waals surface area contributed by atoms with Gasteiger partial charge in [0.05, 0.1) is 5.56 Å². The second-order valence-corrected chi connectivity index (χ2v) is 6.20. The van der Waals surface area contributed by atoms with E-state index in [-0.39, 0.29) is 35.9 Å². The Labute approximate surface area is 154 Å². The lowest BCUT2D eigenvalue weighted by atomic mass is 9.91. The summed E-state index contributed by atoms with van der Waals surface area (Å²) in [6.07, 6.45) is -2.67. The molecule has 1 aromatic carbocycles. The van der Waals surface area contributed by atoms with Gasteiger partial charge in [-0.1, -0.05) is 0 Å². The molecule has 26 heavy (non-hydrogen) atoms. The number of piperidine rings is 1. The van der Waals surface area contributed by atoms with E-state index in [2.05, 4.69) is 20.8 Å². The summed E-state index contributed by atoms with van der Waals surface area (Å²) in [7, 11) is 0. The fraction of sp³-hybridized carbons (Fsp3) is 0.500. The molecule has 1 fully saturated rings. The number of halogens is 4. The largest absolute Gasteiger partial charge is 0.434 e. The van der Waals surface area contributed by atoms with Crippen molar-refractivity contribution < 1.29 is 17.6 Å². The third-order valence-electron chi connectivity index (χ3n) is 4.48. The highest BCUT2D eigenvalue weighted by atomic mass is 35.5. The Hall–Kier alpha value is -2.00. The van der Waals surface area contributed by atoms with Gasteiger partial charge in [-0.05, 0) is 57.0 Å². The summed E-state index contributed by atoms with van der Waals surface area (Å²) < 4.78 is 44.8. The number of aromatic amines is 1. The molecule has 0 radical (unpaired) electrons. The van der Waals surface area contributed by atoms with Crippen molar-refractivity contribution >= 4 is 18.1 Å². The number of hydrogen-bond donors (Lipinski definition) is 3. The van der Waals surface area contributed by atoms with Crippen molar-refractivity contribution in [2.24, 2.45) is 5.92 Å². The quantitative estimate of drug-likeness (QED) is 0.743. The van der Waals surface area contributed by atoms with Crippen LogP contribution in [0.25, 0.3) is 11.5 Å². The van der Waals surface area contributed by atoms with Gasteiger partial charge < -0.3 is 15.1 Å². The van der Waals surface area contributed by atoms with Gasteiger partial charge in [-0.25, -0.2) is 9.89 Å². The number of alkyl halides is 3. The smallest absolute Gasteiger partial charge is 0.388 e. The molecule has 0 spiro atoms. The van der Waals surface area contributed by atoms with Gasteiger partial charge in [0, 0.05) is 17.3 Å². The first-order valence-corrected chi connectivity index (χ1v) is 8.09. The molecule has 1 aliphatic rings. The molecule has 2 heterocycles.